The number of benzene rings is 1. The summed E-state index contributed by atoms with van der Waals surface area (Å²) in [5.41, 5.74) is 6.24. The minimum Gasteiger partial charge on any atom is -0.481 e. The highest BCUT2D eigenvalue weighted by molar-refractivity contribution is 5.67. The number of hydrogen-bond donors (Lipinski definition) is 3. The van der Waals surface area contributed by atoms with Crippen molar-refractivity contribution >= 4 is 5.97 Å². The molecule has 0 heterocycles. The van der Waals surface area contributed by atoms with Crippen molar-refractivity contribution in [3.05, 3.63) is 33.9 Å². The normalized spacial score (nSPS) is 12.4. The molecular weight excluding hydrogens is 266 g/mol. The molecule has 0 aliphatic rings. The van der Waals surface area contributed by atoms with Gasteiger partial charge >= 0.3 is 5.97 Å². The van der Waals surface area contributed by atoms with E-state index in [1.54, 1.807) is 0 Å². The summed E-state index contributed by atoms with van der Waals surface area (Å²) in [4.78, 5) is 11.0. The lowest BCUT2D eigenvalue weighted by atomic mass is 9.89. The topological polar surface area (TPSA) is 69.6 Å². The Hall–Kier alpha value is -1.39. The molecule has 0 fully saturated rings. The second-order valence-corrected chi connectivity index (χ2v) is 5.77. The average Bonchev–Trinajstić information content (AvgIpc) is 2.40. The Balaban J connectivity index is 2.94. The van der Waals surface area contributed by atoms with Gasteiger partial charge in [-0.1, -0.05) is 6.07 Å². The van der Waals surface area contributed by atoms with E-state index in [-0.39, 0.29) is 19.1 Å². The van der Waals surface area contributed by atoms with Crippen molar-refractivity contribution in [3.8, 4) is 0 Å². The van der Waals surface area contributed by atoms with Crippen molar-refractivity contribution < 1.29 is 15.0 Å². The Labute approximate surface area is 127 Å². The van der Waals surface area contributed by atoms with Crippen molar-refractivity contribution in [1.29, 1.82) is 0 Å². The molecule has 0 aliphatic carbocycles. The van der Waals surface area contributed by atoms with Gasteiger partial charge in [-0.2, -0.15) is 0 Å². The molecule has 4 nitrogen and oxygen atoms in total. The third kappa shape index (κ3) is 5.14. The fourth-order valence-electron chi connectivity index (χ4n) is 2.66. The molecule has 3 N–H and O–H groups in total. The number of hydrogen-bond acceptors (Lipinski definition) is 3. The highest BCUT2D eigenvalue weighted by atomic mass is 16.4. The molecule has 1 aromatic carbocycles. The molecule has 118 valence electrons. The van der Waals surface area contributed by atoms with E-state index in [2.05, 4.69) is 39.1 Å². The largest absolute Gasteiger partial charge is 0.481 e. The molecule has 0 saturated heterocycles. The van der Waals surface area contributed by atoms with Crippen molar-refractivity contribution in [3.63, 3.8) is 0 Å². The Bertz CT molecular complexity index is 471. The first-order chi connectivity index (χ1) is 9.86. The van der Waals surface area contributed by atoms with Crippen molar-refractivity contribution in [2.45, 2.75) is 53.0 Å². The lowest BCUT2D eigenvalue weighted by Crippen LogP contribution is -2.35. The van der Waals surface area contributed by atoms with E-state index in [1.165, 1.54) is 27.8 Å². The predicted octanol–water partition coefficient (Wildman–Crippen LogP) is 2.28. The average molecular weight is 293 g/mol. The number of aliphatic hydroxyl groups excluding tert-OH is 1. The summed E-state index contributed by atoms with van der Waals surface area (Å²) in [6, 6.07) is 2.08. The summed E-state index contributed by atoms with van der Waals surface area (Å²) in [5, 5.41) is 21.2. The van der Waals surface area contributed by atoms with E-state index < -0.39 is 5.97 Å². The third-order valence-corrected chi connectivity index (χ3v) is 4.16. The fourth-order valence-corrected chi connectivity index (χ4v) is 2.66. The standard InChI is InChI=1S/C17H27NO3/c1-11-8-12(2)14(4)16(13(11)3)9-15(10-17(20)21)18-6-5-7-19/h8,15,18-19H,5-7,9-10H2,1-4H3,(H,20,21). The molecule has 4 heteroatoms. The van der Waals surface area contributed by atoms with E-state index in [1.807, 2.05) is 0 Å². The Morgan fingerprint density at radius 1 is 1.19 bits per heavy atom. The van der Waals surface area contributed by atoms with E-state index in [0.29, 0.717) is 19.4 Å². The number of aryl methyl sites for hydroxylation is 2. The van der Waals surface area contributed by atoms with Crippen LogP contribution in [0.1, 0.15) is 40.7 Å². The zero-order valence-electron chi connectivity index (χ0n) is 13.5. The number of aliphatic hydroxyl groups is 1. The maximum atomic E-state index is 11.0. The minimum absolute atomic E-state index is 0.0945. The molecular formula is C17H27NO3. The van der Waals surface area contributed by atoms with Gasteiger partial charge < -0.3 is 15.5 Å². The monoisotopic (exact) mass is 293 g/mol. The molecule has 0 saturated carbocycles. The van der Waals surface area contributed by atoms with Crippen molar-refractivity contribution in [2.24, 2.45) is 0 Å². The summed E-state index contributed by atoms with van der Waals surface area (Å²) in [5.74, 6) is -0.795. The van der Waals surface area contributed by atoms with Crippen LogP contribution in [0.4, 0.5) is 0 Å². The Kier molecular flexibility index (Phi) is 6.85. The summed E-state index contributed by atoms with van der Waals surface area (Å²) in [6.07, 6.45) is 1.44. The maximum Gasteiger partial charge on any atom is 0.304 e. The molecule has 0 amide bonds. The van der Waals surface area contributed by atoms with Gasteiger partial charge in [-0.3, -0.25) is 4.79 Å². The molecule has 0 bridgehead atoms. The molecule has 0 aromatic heterocycles. The van der Waals surface area contributed by atoms with Gasteiger partial charge in [-0.15, -0.1) is 0 Å². The second-order valence-electron chi connectivity index (χ2n) is 5.77. The van der Waals surface area contributed by atoms with Crippen molar-refractivity contribution in [1.82, 2.24) is 5.32 Å². The Morgan fingerprint density at radius 2 is 1.76 bits per heavy atom. The zero-order valence-corrected chi connectivity index (χ0v) is 13.5. The second kappa shape index (κ2) is 8.15. The van der Waals surface area contributed by atoms with Gasteiger partial charge in [0.15, 0.2) is 0 Å². The minimum atomic E-state index is -0.795. The molecule has 21 heavy (non-hydrogen) atoms. The first-order valence-electron chi connectivity index (χ1n) is 7.49. The van der Waals surface area contributed by atoms with Gasteiger partial charge in [0.1, 0.15) is 0 Å². The molecule has 1 atom stereocenters. The number of rotatable bonds is 8. The van der Waals surface area contributed by atoms with Gasteiger partial charge in [-0.05, 0) is 74.9 Å². The molecule has 1 unspecified atom stereocenters. The summed E-state index contributed by atoms with van der Waals surface area (Å²) >= 11 is 0. The van der Waals surface area contributed by atoms with E-state index in [9.17, 15) is 4.79 Å². The molecule has 0 aliphatic heterocycles. The molecule has 1 aromatic rings. The predicted molar refractivity (Wildman–Crippen MR) is 84.8 cm³/mol. The quantitative estimate of drug-likeness (QED) is 0.643. The zero-order chi connectivity index (χ0) is 16.0. The van der Waals surface area contributed by atoms with Gasteiger partial charge in [0.25, 0.3) is 0 Å². The first kappa shape index (κ1) is 17.7. The van der Waals surface area contributed by atoms with Crippen LogP contribution in [0.15, 0.2) is 6.07 Å². The molecule has 0 radical (unpaired) electrons. The SMILES string of the molecule is Cc1cc(C)c(C)c(CC(CC(=O)O)NCCCO)c1C. The van der Waals surface area contributed by atoms with Crippen LogP contribution in [0.3, 0.4) is 0 Å². The maximum absolute atomic E-state index is 11.0. The number of nitrogens with one attached hydrogen (secondary N) is 1. The lowest BCUT2D eigenvalue weighted by molar-refractivity contribution is -0.137. The highest BCUT2D eigenvalue weighted by Gasteiger charge is 2.17. The molecule has 0 spiro atoms. The molecule has 1 rings (SSSR count). The van der Waals surface area contributed by atoms with Gasteiger partial charge in [0.2, 0.25) is 0 Å². The lowest BCUT2D eigenvalue weighted by Gasteiger charge is -2.21. The van der Waals surface area contributed by atoms with Gasteiger partial charge in [0.05, 0.1) is 6.42 Å². The Morgan fingerprint density at radius 3 is 2.24 bits per heavy atom. The summed E-state index contributed by atoms with van der Waals surface area (Å²) < 4.78 is 0. The van der Waals surface area contributed by atoms with Crippen LogP contribution < -0.4 is 5.32 Å². The summed E-state index contributed by atoms with van der Waals surface area (Å²) in [7, 11) is 0. The van der Waals surface area contributed by atoms with Crippen LogP contribution in [0.2, 0.25) is 0 Å². The van der Waals surface area contributed by atoms with Crippen LogP contribution in [0, 0.1) is 27.7 Å². The van der Waals surface area contributed by atoms with E-state index in [4.69, 9.17) is 10.2 Å². The number of carbonyl (C=O) groups is 1. The van der Waals surface area contributed by atoms with Crippen LogP contribution in [0.5, 0.6) is 0 Å². The van der Waals surface area contributed by atoms with Gasteiger partial charge in [0, 0.05) is 12.6 Å². The number of aliphatic carboxylic acids is 1. The van der Waals surface area contributed by atoms with Gasteiger partial charge in [-0.25, -0.2) is 0 Å². The van der Waals surface area contributed by atoms with Crippen LogP contribution in [-0.2, 0) is 11.2 Å². The number of carboxylic acids is 1. The highest BCUT2D eigenvalue weighted by Crippen LogP contribution is 2.23. The van der Waals surface area contributed by atoms with E-state index in [0.717, 1.165) is 0 Å². The van der Waals surface area contributed by atoms with Crippen LogP contribution in [0.25, 0.3) is 0 Å². The van der Waals surface area contributed by atoms with Crippen LogP contribution >= 0.6 is 0 Å². The van der Waals surface area contributed by atoms with E-state index >= 15 is 0 Å². The van der Waals surface area contributed by atoms with Crippen LogP contribution in [-0.4, -0.2) is 35.4 Å². The first-order valence-corrected chi connectivity index (χ1v) is 7.49. The summed E-state index contributed by atoms with van der Waals surface area (Å²) in [6.45, 7) is 9.14. The van der Waals surface area contributed by atoms with Crippen molar-refractivity contribution in [2.75, 3.05) is 13.2 Å². The number of carboxylic acid groups (broad SMARTS) is 1. The smallest absolute Gasteiger partial charge is 0.304 e. The fraction of sp³-hybridized carbons (Fsp3) is 0.588. The third-order valence-electron chi connectivity index (χ3n) is 4.16.